The lowest BCUT2D eigenvalue weighted by atomic mass is 9.88. The fourth-order valence-corrected chi connectivity index (χ4v) is 4.06. The van der Waals surface area contributed by atoms with Crippen molar-refractivity contribution in [2.45, 2.75) is 44.2 Å². The van der Waals surface area contributed by atoms with Crippen molar-refractivity contribution in [3.63, 3.8) is 0 Å². The first-order valence-corrected chi connectivity index (χ1v) is 9.79. The maximum Gasteiger partial charge on any atom is 0.191 e. The van der Waals surface area contributed by atoms with Crippen molar-refractivity contribution < 1.29 is 13.5 Å². The molecule has 1 unspecified atom stereocenters. The van der Waals surface area contributed by atoms with Crippen molar-refractivity contribution in [2.24, 2.45) is 4.99 Å². The van der Waals surface area contributed by atoms with Crippen LogP contribution in [0.1, 0.15) is 44.2 Å². The molecule has 2 saturated heterocycles. The second kappa shape index (κ2) is 8.97. The van der Waals surface area contributed by atoms with E-state index in [0.717, 1.165) is 51.8 Å². The van der Waals surface area contributed by atoms with Gasteiger partial charge in [-0.15, -0.1) is 0 Å². The van der Waals surface area contributed by atoms with Crippen LogP contribution in [0, 0.1) is 11.6 Å². The molecule has 0 amide bonds. The van der Waals surface area contributed by atoms with Crippen molar-refractivity contribution in [1.29, 1.82) is 0 Å². The smallest absolute Gasteiger partial charge is 0.191 e. The third-order valence-electron chi connectivity index (χ3n) is 5.81. The number of benzene rings is 1. The molecule has 2 heterocycles. The molecule has 0 aliphatic carbocycles. The molecule has 0 bridgehead atoms. The molecule has 27 heavy (non-hydrogen) atoms. The van der Waals surface area contributed by atoms with Crippen LogP contribution in [0.2, 0.25) is 0 Å². The topological polar surface area (TPSA) is 48.9 Å². The van der Waals surface area contributed by atoms with E-state index in [1.807, 2.05) is 6.92 Å². The van der Waals surface area contributed by atoms with Crippen molar-refractivity contribution in [2.75, 3.05) is 39.9 Å². The van der Waals surface area contributed by atoms with E-state index in [1.165, 1.54) is 18.9 Å². The van der Waals surface area contributed by atoms with Gasteiger partial charge in [-0.3, -0.25) is 9.89 Å². The Hall–Kier alpha value is -1.73. The average molecular weight is 380 g/mol. The summed E-state index contributed by atoms with van der Waals surface area (Å²) in [6, 6.07) is 3.78. The van der Waals surface area contributed by atoms with Crippen LogP contribution in [0.3, 0.4) is 0 Å². The zero-order valence-electron chi connectivity index (χ0n) is 16.2. The van der Waals surface area contributed by atoms with Crippen LogP contribution in [0.4, 0.5) is 8.78 Å². The summed E-state index contributed by atoms with van der Waals surface area (Å²) in [7, 11) is 1.72. The number of nitrogens with zero attached hydrogens (tertiary/aromatic N) is 2. The second-order valence-corrected chi connectivity index (χ2v) is 7.50. The van der Waals surface area contributed by atoms with Crippen LogP contribution in [0.15, 0.2) is 23.2 Å². The summed E-state index contributed by atoms with van der Waals surface area (Å²) >= 11 is 0. The Morgan fingerprint density at radius 1 is 1.22 bits per heavy atom. The molecule has 1 aromatic carbocycles. The number of halogens is 2. The van der Waals surface area contributed by atoms with Gasteiger partial charge in [-0.2, -0.15) is 0 Å². The number of likely N-dealkylation sites (tertiary alicyclic amines) is 1. The molecule has 0 spiro atoms. The molecule has 3 rings (SSSR count). The van der Waals surface area contributed by atoms with E-state index >= 15 is 0 Å². The van der Waals surface area contributed by atoms with Crippen molar-refractivity contribution in [1.82, 2.24) is 15.5 Å². The van der Waals surface area contributed by atoms with E-state index in [1.54, 1.807) is 13.1 Å². The van der Waals surface area contributed by atoms with Crippen LogP contribution in [-0.4, -0.2) is 56.3 Å². The van der Waals surface area contributed by atoms with Gasteiger partial charge in [-0.1, -0.05) is 6.07 Å². The molecule has 2 fully saturated rings. The fourth-order valence-electron chi connectivity index (χ4n) is 4.06. The Kier molecular flexibility index (Phi) is 6.65. The van der Waals surface area contributed by atoms with Gasteiger partial charge in [0.05, 0.1) is 6.04 Å². The largest absolute Gasteiger partial charge is 0.381 e. The lowest BCUT2D eigenvalue weighted by molar-refractivity contribution is -0.0164. The van der Waals surface area contributed by atoms with Crippen LogP contribution in [-0.2, 0) is 4.74 Å². The Morgan fingerprint density at radius 2 is 1.93 bits per heavy atom. The lowest BCUT2D eigenvalue weighted by Gasteiger charge is -2.45. The average Bonchev–Trinajstić information content (AvgIpc) is 3.23. The highest BCUT2D eigenvalue weighted by Gasteiger charge is 2.39. The van der Waals surface area contributed by atoms with Crippen molar-refractivity contribution in [3.8, 4) is 0 Å². The summed E-state index contributed by atoms with van der Waals surface area (Å²) in [6.45, 7) is 6.55. The van der Waals surface area contributed by atoms with Crippen LogP contribution in [0.5, 0.6) is 0 Å². The molecular weight excluding hydrogens is 350 g/mol. The SMILES string of the molecule is CN=C(NCC1(N2CCCC2)CCOCC1)NC(C)c1ccc(F)c(F)c1. The van der Waals surface area contributed by atoms with Crippen LogP contribution in [0.25, 0.3) is 0 Å². The van der Waals surface area contributed by atoms with Gasteiger partial charge in [0.1, 0.15) is 0 Å². The number of hydrogen-bond donors (Lipinski definition) is 2. The predicted molar refractivity (Wildman–Crippen MR) is 103 cm³/mol. The van der Waals surface area contributed by atoms with Gasteiger partial charge >= 0.3 is 0 Å². The summed E-state index contributed by atoms with van der Waals surface area (Å²) in [4.78, 5) is 6.90. The van der Waals surface area contributed by atoms with Gasteiger partial charge in [-0.25, -0.2) is 8.78 Å². The minimum Gasteiger partial charge on any atom is -0.381 e. The van der Waals surface area contributed by atoms with E-state index < -0.39 is 11.6 Å². The summed E-state index contributed by atoms with van der Waals surface area (Å²) in [5, 5.41) is 6.73. The first-order valence-electron chi connectivity index (χ1n) is 9.79. The van der Waals surface area contributed by atoms with E-state index in [4.69, 9.17) is 4.74 Å². The van der Waals surface area contributed by atoms with Gasteiger partial charge in [0.15, 0.2) is 17.6 Å². The second-order valence-electron chi connectivity index (χ2n) is 7.50. The fraction of sp³-hybridized carbons (Fsp3) is 0.650. The van der Waals surface area contributed by atoms with Gasteiger partial charge in [-0.05, 0) is 63.4 Å². The zero-order valence-corrected chi connectivity index (χ0v) is 16.2. The van der Waals surface area contributed by atoms with Gasteiger partial charge in [0.2, 0.25) is 0 Å². The lowest BCUT2D eigenvalue weighted by Crippen LogP contribution is -2.58. The third-order valence-corrected chi connectivity index (χ3v) is 5.81. The summed E-state index contributed by atoms with van der Waals surface area (Å²) in [5.41, 5.74) is 0.773. The standard InChI is InChI=1S/C20H30F2N4O/c1-15(16-5-6-17(21)18(22)13-16)25-19(23-2)24-14-20(7-11-27-12-8-20)26-9-3-4-10-26/h5-6,13,15H,3-4,7-12,14H2,1-2H3,(H2,23,24,25). The van der Waals surface area contributed by atoms with E-state index in [2.05, 4.69) is 20.5 Å². The number of aliphatic imine (C=N–C) groups is 1. The molecule has 2 aliphatic rings. The van der Waals surface area contributed by atoms with Crippen LogP contribution < -0.4 is 10.6 Å². The molecule has 5 nitrogen and oxygen atoms in total. The van der Waals surface area contributed by atoms with Gasteiger partial charge in [0.25, 0.3) is 0 Å². The first kappa shape index (κ1) is 20.0. The molecule has 7 heteroatoms. The highest BCUT2D eigenvalue weighted by atomic mass is 19.2. The summed E-state index contributed by atoms with van der Waals surface area (Å²) in [5.74, 6) is -1.00. The minimum absolute atomic E-state index is 0.0948. The highest BCUT2D eigenvalue weighted by Crippen LogP contribution is 2.30. The molecule has 0 radical (unpaired) electrons. The Bertz CT molecular complexity index is 655. The van der Waals surface area contributed by atoms with Gasteiger partial charge in [0, 0.05) is 32.3 Å². The van der Waals surface area contributed by atoms with E-state index in [0.29, 0.717) is 11.5 Å². The molecule has 2 aliphatic heterocycles. The molecule has 0 aromatic heterocycles. The first-order chi connectivity index (χ1) is 13.0. The van der Waals surface area contributed by atoms with E-state index in [-0.39, 0.29) is 11.6 Å². The monoisotopic (exact) mass is 380 g/mol. The minimum atomic E-state index is -0.834. The zero-order chi connectivity index (χ0) is 19.3. The Labute approximate surface area is 160 Å². The van der Waals surface area contributed by atoms with Crippen molar-refractivity contribution in [3.05, 3.63) is 35.4 Å². The molecule has 2 N–H and O–H groups in total. The molecule has 150 valence electrons. The van der Waals surface area contributed by atoms with Crippen LogP contribution >= 0.6 is 0 Å². The number of ether oxygens (including phenoxy) is 1. The number of rotatable bonds is 5. The number of guanidine groups is 1. The molecular formula is C20H30F2N4O. The highest BCUT2D eigenvalue weighted by molar-refractivity contribution is 5.80. The summed E-state index contributed by atoms with van der Waals surface area (Å²) in [6.07, 6.45) is 4.52. The maximum atomic E-state index is 13.5. The van der Waals surface area contributed by atoms with E-state index in [9.17, 15) is 8.78 Å². The predicted octanol–water partition coefficient (Wildman–Crippen LogP) is 2.84. The Morgan fingerprint density at radius 3 is 2.56 bits per heavy atom. The maximum absolute atomic E-state index is 13.5. The molecule has 1 aromatic rings. The quantitative estimate of drug-likeness (QED) is 0.609. The normalized spacial score (nSPS) is 21.9. The third kappa shape index (κ3) is 4.76. The van der Waals surface area contributed by atoms with Crippen molar-refractivity contribution >= 4 is 5.96 Å². The Balaban J connectivity index is 1.62. The number of hydrogen-bond acceptors (Lipinski definition) is 3. The van der Waals surface area contributed by atoms with Gasteiger partial charge < -0.3 is 15.4 Å². The molecule has 0 saturated carbocycles. The summed E-state index contributed by atoms with van der Waals surface area (Å²) < 4.78 is 32.3. The number of nitrogens with one attached hydrogen (secondary N) is 2. The molecule has 1 atom stereocenters.